The molecule has 1 saturated heterocycles. The van der Waals surface area contributed by atoms with Crippen LogP contribution in [-0.2, 0) is 0 Å². The van der Waals surface area contributed by atoms with Crippen molar-refractivity contribution in [3.63, 3.8) is 0 Å². The smallest absolute Gasteiger partial charge is 0.263 e. The van der Waals surface area contributed by atoms with Crippen LogP contribution in [0.3, 0.4) is 0 Å². The average molecular weight is 425 g/mol. The summed E-state index contributed by atoms with van der Waals surface area (Å²) in [4.78, 5) is 25.9. The predicted molar refractivity (Wildman–Crippen MR) is 103 cm³/mol. The Labute approximate surface area is 160 Å². The van der Waals surface area contributed by atoms with Crippen LogP contribution in [0.4, 0.5) is 5.82 Å². The molecule has 1 aliphatic heterocycles. The van der Waals surface area contributed by atoms with Crippen LogP contribution < -0.4 is 9.64 Å². The fourth-order valence-corrected chi connectivity index (χ4v) is 4.49. The lowest BCUT2D eigenvalue weighted by Gasteiger charge is -2.34. The molecule has 1 aliphatic rings. The van der Waals surface area contributed by atoms with Gasteiger partial charge in [0.1, 0.15) is 0 Å². The van der Waals surface area contributed by atoms with E-state index in [0.29, 0.717) is 11.8 Å². The molecule has 0 unspecified atom stereocenters. The van der Waals surface area contributed by atoms with Crippen LogP contribution >= 0.6 is 27.3 Å². The van der Waals surface area contributed by atoms with Gasteiger partial charge in [0.2, 0.25) is 0 Å². The summed E-state index contributed by atoms with van der Waals surface area (Å²) in [7, 11) is 3.61. The lowest BCUT2D eigenvalue weighted by molar-refractivity contribution is 0.0698. The minimum absolute atomic E-state index is 0.137. The highest BCUT2D eigenvalue weighted by atomic mass is 79.9. The Morgan fingerprint density at radius 2 is 2.12 bits per heavy atom. The van der Waals surface area contributed by atoms with Crippen molar-refractivity contribution in [2.45, 2.75) is 12.8 Å². The van der Waals surface area contributed by atoms with E-state index in [4.69, 9.17) is 4.74 Å². The zero-order valence-electron chi connectivity index (χ0n) is 14.3. The van der Waals surface area contributed by atoms with Crippen LogP contribution in [0.2, 0.25) is 0 Å². The van der Waals surface area contributed by atoms with Crippen molar-refractivity contribution in [3.05, 3.63) is 33.2 Å². The van der Waals surface area contributed by atoms with Crippen LogP contribution in [0.25, 0.3) is 0 Å². The van der Waals surface area contributed by atoms with E-state index < -0.39 is 0 Å². The number of likely N-dealkylation sites (tertiary alicyclic amines) is 1. The summed E-state index contributed by atoms with van der Waals surface area (Å²) in [6.07, 6.45) is 5.29. The van der Waals surface area contributed by atoms with Gasteiger partial charge in [-0.2, -0.15) is 0 Å². The number of carbonyl (C=O) groups is 1. The van der Waals surface area contributed by atoms with Gasteiger partial charge in [0.05, 0.1) is 12.0 Å². The Balaban J connectivity index is 1.55. The van der Waals surface area contributed by atoms with Crippen molar-refractivity contribution in [1.29, 1.82) is 0 Å². The number of aromatic nitrogens is 2. The first-order valence-electron chi connectivity index (χ1n) is 8.18. The summed E-state index contributed by atoms with van der Waals surface area (Å²) in [5.74, 6) is 1.96. The molecule has 0 aliphatic carbocycles. The molecule has 6 nitrogen and oxygen atoms in total. The predicted octanol–water partition coefficient (Wildman–Crippen LogP) is 3.30. The van der Waals surface area contributed by atoms with Crippen LogP contribution in [0.5, 0.6) is 5.88 Å². The van der Waals surface area contributed by atoms with Crippen molar-refractivity contribution in [3.8, 4) is 5.88 Å². The molecule has 25 heavy (non-hydrogen) atoms. The standard InChI is InChI=1S/C17H21BrN4O2S/c1-21(15-16(24-2)20-6-5-19-15)10-12-3-7-22(8-4-12)17(23)14-9-13(18)11-25-14/h5-6,9,11-12H,3-4,7-8,10H2,1-2H3. The fraction of sp³-hybridized carbons (Fsp3) is 0.471. The molecule has 3 heterocycles. The third-order valence-corrected chi connectivity index (χ3v) is 6.09. The number of piperidine rings is 1. The molecule has 0 spiro atoms. The van der Waals surface area contributed by atoms with Crippen molar-refractivity contribution >= 4 is 39.0 Å². The Kier molecular flexibility index (Phi) is 5.90. The molecule has 8 heteroatoms. The van der Waals surface area contributed by atoms with Gasteiger partial charge >= 0.3 is 0 Å². The van der Waals surface area contributed by atoms with E-state index in [-0.39, 0.29) is 5.91 Å². The molecule has 1 fully saturated rings. The lowest BCUT2D eigenvalue weighted by atomic mass is 9.96. The molecule has 0 atom stereocenters. The van der Waals surface area contributed by atoms with Gasteiger partial charge in [-0.25, -0.2) is 9.97 Å². The second-order valence-electron chi connectivity index (χ2n) is 6.13. The molecule has 0 aromatic carbocycles. The molecule has 2 aromatic heterocycles. The molecule has 3 rings (SSSR count). The Morgan fingerprint density at radius 3 is 2.76 bits per heavy atom. The molecular weight excluding hydrogens is 404 g/mol. The van der Waals surface area contributed by atoms with Crippen molar-refractivity contribution < 1.29 is 9.53 Å². The zero-order chi connectivity index (χ0) is 17.8. The molecule has 2 aromatic rings. The van der Waals surface area contributed by atoms with Crippen LogP contribution in [0.15, 0.2) is 28.3 Å². The number of ether oxygens (including phenoxy) is 1. The number of amides is 1. The summed E-state index contributed by atoms with van der Waals surface area (Å²) in [6.45, 7) is 2.47. The van der Waals surface area contributed by atoms with E-state index in [1.165, 1.54) is 11.3 Å². The van der Waals surface area contributed by atoms with Gasteiger partial charge in [-0.05, 0) is 40.8 Å². The highest BCUT2D eigenvalue weighted by Crippen LogP contribution is 2.27. The van der Waals surface area contributed by atoms with Gasteiger partial charge in [-0.15, -0.1) is 11.3 Å². The first kappa shape index (κ1) is 18.1. The quantitative estimate of drug-likeness (QED) is 0.736. The van der Waals surface area contributed by atoms with E-state index in [2.05, 4.69) is 30.8 Å². The molecule has 0 radical (unpaired) electrons. The van der Waals surface area contributed by atoms with Crippen molar-refractivity contribution in [2.24, 2.45) is 5.92 Å². The van der Waals surface area contributed by atoms with Gasteiger partial charge in [0.25, 0.3) is 11.8 Å². The number of hydrogen-bond acceptors (Lipinski definition) is 6. The van der Waals surface area contributed by atoms with Crippen LogP contribution in [0, 0.1) is 5.92 Å². The Morgan fingerprint density at radius 1 is 1.40 bits per heavy atom. The third-order valence-electron chi connectivity index (χ3n) is 4.41. The highest BCUT2D eigenvalue weighted by molar-refractivity contribution is 9.10. The lowest BCUT2D eigenvalue weighted by Crippen LogP contribution is -2.41. The number of methoxy groups -OCH3 is 1. The maximum atomic E-state index is 12.5. The van der Waals surface area contributed by atoms with Gasteiger partial charge < -0.3 is 14.5 Å². The molecule has 0 N–H and O–H groups in total. The highest BCUT2D eigenvalue weighted by Gasteiger charge is 2.26. The van der Waals surface area contributed by atoms with E-state index in [1.54, 1.807) is 19.5 Å². The first-order valence-corrected chi connectivity index (χ1v) is 9.85. The average Bonchev–Trinajstić information content (AvgIpc) is 3.08. The summed E-state index contributed by atoms with van der Waals surface area (Å²) in [6, 6.07) is 1.90. The molecule has 134 valence electrons. The minimum atomic E-state index is 0.137. The van der Waals surface area contributed by atoms with Gasteiger partial charge in [0.15, 0.2) is 5.82 Å². The number of carbonyl (C=O) groups excluding carboxylic acids is 1. The van der Waals surface area contributed by atoms with Crippen molar-refractivity contribution in [2.75, 3.05) is 38.7 Å². The number of halogens is 1. The summed E-state index contributed by atoms with van der Waals surface area (Å²) in [5.41, 5.74) is 0. The SMILES string of the molecule is COc1nccnc1N(C)CC1CCN(C(=O)c2cc(Br)cs2)CC1. The molecule has 0 bridgehead atoms. The normalized spacial score (nSPS) is 15.2. The van der Waals surface area contributed by atoms with Gasteiger partial charge in [0, 0.05) is 48.9 Å². The second kappa shape index (κ2) is 8.14. The number of hydrogen-bond donors (Lipinski definition) is 0. The monoisotopic (exact) mass is 424 g/mol. The fourth-order valence-electron chi connectivity index (χ4n) is 3.10. The number of thiophene rings is 1. The third kappa shape index (κ3) is 4.30. The Bertz CT molecular complexity index is 731. The molecular formula is C17H21BrN4O2S. The Hall–Kier alpha value is -1.67. The number of anilines is 1. The molecule has 1 amide bonds. The zero-order valence-corrected chi connectivity index (χ0v) is 16.7. The van der Waals surface area contributed by atoms with E-state index in [9.17, 15) is 4.79 Å². The second-order valence-corrected chi connectivity index (χ2v) is 7.96. The minimum Gasteiger partial charge on any atom is -0.478 e. The largest absolute Gasteiger partial charge is 0.478 e. The van der Waals surface area contributed by atoms with Gasteiger partial charge in [-0.3, -0.25) is 4.79 Å². The van der Waals surface area contributed by atoms with Gasteiger partial charge in [-0.1, -0.05) is 0 Å². The summed E-state index contributed by atoms with van der Waals surface area (Å²) < 4.78 is 6.25. The van der Waals surface area contributed by atoms with Crippen LogP contribution in [0.1, 0.15) is 22.5 Å². The molecule has 0 saturated carbocycles. The van der Waals surface area contributed by atoms with E-state index in [0.717, 1.165) is 47.6 Å². The summed E-state index contributed by atoms with van der Waals surface area (Å²) >= 11 is 4.90. The van der Waals surface area contributed by atoms with E-state index >= 15 is 0 Å². The number of rotatable bonds is 5. The van der Waals surface area contributed by atoms with Crippen molar-refractivity contribution in [1.82, 2.24) is 14.9 Å². The maximum Gasteiger partial charge on any atom is 0.263 e. The van der Waals surface area contributed by atoms with Crippen LogP contribution in [-0.4, -0.2) is 54.6 Å². The maximum absolute atomic E-state index is 12.5. The summed E-state index contributed by atoms with van der Waals surface area (Å²) in [5, 5.41) is 1.95. The topological polar surface area (TPSA) is 58.6 Å². The van der Waals surface area contributed by atoms with E-state index in [1.807, 2.05) is 23.4 Å². The first-order chi connectivity index (χ1) is 12.1. The number of nitrogens with zero attached hydrogens (tertiary/aromatic N) is 4.